The molecule has 0 aromatic rings. The number of aliphatic hydroxyl groups excluding tert-OH is 1. The van der Waals surface area contributed by atoms with Crippen molar-refractivity contribution in [2.75, 3.05) is 13.2 Å². The summed E-state index contributed by atoms with van der Waals surface area (Å²) in [6, 6.07) is -9.90. The molecule has 0 unspecified atom stereocenters. The van der Waals surface area contributed by atoms with Crippen molar-refractivity contribution in [1.82, 2.24) is 31.5 Å². The largest absolute Gasteiger partial charge is 0.481 e. The maximum absolute atomic E-state index is 13.2. The van der Waals surface area contributed by atoms with E-state index < -0.39 is 127 Å². The molecular formula is C28H45N9O13. The third-order valence-corrected chi connectivity index (χ3v) is 7.50. The number of carboxylic acids is 2. The van der Waals surface area contributed by atoms with E-state index in [1.54, 1.807) is 0 Å². The molecule has 0 aromatic carbocycles. The van der Waals surface area contributed by atoms with Gasteiger partial charge in [-0.05, 0) is 39.5 Å². The summed E-state index contributed by atoms with van der Waals surface area (Å²) >= 11 is 0. The molecule has 22 heteroatoms. The van der Waals surface area contributed by atoms with Gasteiger partial charge in [0.05, 0.1) is 19.1 Å². The first-order chi connectivity index (χ1) is 23.3. The van der Waals surface area contributed by atoms with Gasteiger partial charge in [-0.15, -0.1) is 0 Å². The summed E-state index contributed by atoms with van der Waals surface area (Å²) in [4.78, 5) is 123. The summed E-state index contributed by atoms with van der Waals surface area (Å²) in [5.41, 5.74) is 15.9. The van der Waals surface area contributed by atoms with Crippen LogP contribution in [0.3, 0.4) is 0 Å². The quantitative estimate of drug-likeness (QED) is 0.0527. The zero-order chi connectivity index (χ0) is 38.3. The molecule has 0 saturated carbocycles. The van der Waals surface area contributed by atoms with Gasteiger partial charge in [-0.1, -0.05) is 0 Å². The molecule has 8 amide bonds. The second kappa shape index (κ2) is 20.2. The van der Waals surface area contributed by atoms with Gasteiger partial charge in [0.2, 0.25) is 47.3 Å². The van der Waals surface area contributed by atoms with E-state index in [1.165, 1.54) is 13.8 Å². The number of aliphatic hydroxyl groups is 1. The molecule has 1 heterocycles. The van der Waals surface area contributed by atoms with E-state index in [0.717, 1.165) is 4.90 Å². The zero-order valence-corrected chi connectivity index (χ0v) is 27.5. The third-order valence-electron chi connectivity index (χ3n) is 7.50. The normalized spacial score (nSPS) is 17.4. The van der Waals surface area contributed by atoms with Crippen LogP contribution in [0.1, 0.15) is 58.8 Å². The highest BCUT2D eigenvalue weighted by atomic mass is 16.4. The number of primary amides is 2. The Kier molecular flexibility index (Phi) is 17.2. The summed E-state index contributed by atoms with van der Waals surface area (Å²) in [7, 11) is 0. The Hall–Kier alpha value is -5.38. The van der Waals surface area contributed by atoms with E-state index in [9.17, 15) is 58.2 Å². The lowest BCUT2D eigenvalue weighted by molar-refractivity contribution is -0.143. The van der Waals surface area contributed by atoms with Crippen LogP contribution in [-0.2, 0) is 47.9 Å². The van der Waals surface area contributed by atoms with Gasteiger partial charge in [0.25, 0.3) is 0 Å². The minimum atomic E-state index is -1.80. The monoisotopic (exact) mass is 715 g/mol. The molecule has 0 radical (unpaired) electrons. The van der Waals surface area contributed by atoms with Crippen LogP contribution in [0.4, 0.5) is 0 Å². The van der Waals surface area contributed by atoms with Crippen LogP contribution < -0.4 is 43.8 Å². The van der Waals surface area contributed by atoms with Gasteiger partial charge in [-0.25, -0.2) is 0 Å². The van der Waals surface area contributed by atoms with Crippen LogP contribution in [0, 0.1) is 0 Å². The van der Waals surface area contributed by atoms with Crippen LogP contribution in [0.25, 0.3) is 0 Å². The fraction of sp³-hybridized carbons (Fsp3) is 0.643. The van der Waals surface area contributed by atoms with Gasteiger partial charge in [0, 0.05) is 19.4 Å². The smallest absolute Gasteiger partial charge is 0.305 e. The van der Waals surface area contributed by atoms with E-state index in [4.69, 9.17) is 22.3 Å². The number of carbonyl (C=O) groups excluding carboxylic acids is 8. The number of nitrogens with zero attached hydrogens (tertiary/aromatic N) is 1. The second-order valence-corrected chi connectivity index (χ2v) is 11.6. The Labute approximate surface area is 285 Å². The van der Waals surface area contributed by atoms with E-state index >= 15 is 0 Å². The summed E-state index contributed by atoms with van der Waals surface area (Å²) in [5, 5.41) is 39.4. The number of hydrogen-bond acceptors (Lipinski definition) is 12. The Morgan fingerprint density at radius 3 is 1.84 bits per heavy atom. The first-order valence-electron chi connectivity index (χ1n) is 15.5. The third kappa shape index (κ3) is 14.0. The van der Waals surface area contributed by atoms with E-state index in [0.29, 0.717) is 6.42 Å². The number of amides is 8. The molecule has 1 fully saturated rings. The fourth-order valence-corrected chi connectivity index (χ4v) is 4.65. The summed E-state index contributed by atoms with van der Waals surface area (Å²) in [6.07, 6.45) is -2.07. The average molecular weight is 716 g/mol. The summed E-state index contributed by atoms with van der Waals surface area (Å²) < 4.78 is 0. The lowest BCUT2D eigenvalue weighted by atomic mass is 10.1. The zero-order valence-electron chi connectivity index (χ0n) is 27.5. The molecule has 1 rings (SSSR count). The second-order valence-electron chi connectivity index (χ2n) is 11.6. The van der Waals surface area contributed by atoms with Crippen molar-refractivity contribution >= 4 is 59.2 Å². The van der Waals surface area contributed by atoms with Crippen molar-refractivity contribution < 1.29 is 63.3 Å². The predicted molar refractivity (Wildman–Crippen MR) is 168 cm³/mol. The fourth-order valence-electron chi connectivity index (χ4n) is 4.65. The van der Waals surface area contributed by atoms with Gasteiger partial charge >= 0.3 is 11.9 Å². The van der Waals surface area contributed by atoms with E-state index in [2.05, 4.69) is 26.6 Å². The van der Waals surface area contributed by atoms with Gasteiger partial charge in [0.15, 0.2) is 0 Å². The van der Waals surface area contributed by atoms with Crippen molar-refractivity contribution in [3.05, 3.63) is 0 Å². The van der Waals surface area contributed by atoms with E-state index in [-0.39, 0.29) is 25.8 Å². The van der Waals surface area contributed by atoms with Crippen molar-refractivity contribution in [3.63, 3.8) is 0 Å². The summed E-state index contributed by atoms with van der Waals surface area (Å²) in [5.74, 6) is -10.3. The number of rotatable bonds is 21. The Balaban J connectivity index is 3.01. The number of nitrogens with two attached hydrogens (primary N) is 3. The van der Waals surface area contributed by atoms with Crippen LogP contribution in [0.15, 0.2) is 0 Å². The van der Waals surface area contributed by atoms with Crippen LogP contribution >= 0.6 is 0 Å². The maximum Gasteiger partial charge on any atom is 0.305 e. The first kappa shape index (κ1) is 42.6. The van der Waals surface area contributed by atoms with Crippen LogP contribution in [0.5, 0.6) is 0 Å². The summed E-state index contributed by atoms with van der Waals surface area (Å²) in [6.45, 7) is 1.70. The Morgan fingerprint density at radius 2 is 1.30 bits per heavy atom. The van der Waals surface area contributed by atoms with Crippen molar-refractivity contribution in [1.29, 1.82) is 0 Å². The van der Waals surface area contributed by atoms with Crippen LogP contribution in [0.2, 0.25) is 0 Å². The van der Waals surface area contributed by atoms with Gasteiger partial charge in [-0.3, -0.25) is 47.9 Å². The number of carboxylic acid groups (broad SMARTS) is 2. The highest BCUT2D eigenvalue weighted by Crippen LogP contribution is 2.19. The topological polar surface area (TPSA) is 373 Å². The highest BCUT2D eigenvalue weighted by molar-refractivity contribution is 5.98. The molecule has 0 aliphatic carbocycles. The molecule has 1 saturated heterocycles. The minimum Gasteiger partial charge on any atom is -0.481 e. The number of hydrogen-bond donors (Lipinski definition) is 11. The molecule has 50 heavy (non-hydrogen) atoms. The number of likely N-dealkylation sites (tertiary alicyclic amines) is 1. The minimum absolute atomic E-state index is 0.0914. The SMILES string of the molecule is C[C@H](NC(=O)[C@@H]1CCCN1C(=O)[C@H](CO)NC(=O)[C@H](C)NC(=O)[C@H](CCC(=O)O)NC(=O)[C@H](CC(=O)O)NC(=O)[C@@H](N)CCC(N)=O)C(N)=O. The predicted octanol–water partition coefficient (Wildman–Crippen LogP) is -6.15. The van der Waals surface area contributed by atoms with E-state index in [1.807, 2.05) is 0 Å². The molecule has 1 aliphatic heterocycles. The number of carbonyl (C=O) groups is 10. The standard InChI is InChI=1S/C28H45N9O13/c1-12(22(31)44)32-27(49)18-4-3-9-37(18)28(50)17(11-38)36-23(45)13(2)33-25(47)15(6-8-20(40)41)34-26(48)16(10-21(42)43)35-24(46)14(29)5-7-19(30)39/h12-18,38H,3-11,29H2,1-2H3,(H2,30,39)(H2,31,44)(H,32,49)(H,33,47)(H,34,48)(H,35,46)(H,36,45)(H,40,41)(H,42,43)/t12-,13-,14-,15-,16-,17-,18-/m0/s1. The molecular weight excluding hydrogens is 670 g/mol. The molecule has 1 aliphatic rings. The molecule has 14 N–H and O–H groups in total. The lowest BCUT2D eigenvalue weighted by Gasteiger charge is -2.29. The van der Waals surface area contributed by atoms with Crippen molar-refractivity contribution in [2.45, 2.75) is 101 Å². The number of aliphatic carboxylic acids is 2. The molecule has 280 valence electrons. The Bertz CT molecular complexity index is 1330. The Morgan fingerprint density at radius 1 is 0.720 bits per heavy atom. The molecule has 7 atom stereocenters. The molecule has 0 spiro atoms. The first-order valence-corrected chi connectivity index (χ1v) is 15.5. The van der Waals surface area contributed by atoms with Gasteiger partial charge in [0.1, 0.15) is 36.3 Å². The number of nitrogens with one attached hydrogen (secondary N) is 5. The molecule has 22 nitrogen and oxygen atoms in total. The highest BCUT2D eigenvalue weighted by Gasteiger charge is 2.39. The molecule has 0 aromatic heterocycles. The lowest BCUT2D eigenvalue weighted by Crippen LogP contribution is -2.60. The molecule has 0 bridgehead atoms. The average Bonchev–Trinajstić information content (AvgIpc) is 3.53. The van der Waals surface area contributed by atoms with Crippen LogP contribution in [-0.4, -0.2) is 135 Å². The van der Waals surface area contributed by atoms with Gasteiger partial charge < -0.3 is 64.0 Å². The van der Waals surface area contributed by atoms with Gasteiger partial charge in [-0.2, -0.15) is 0 Å². The van der Waals surface area contributed by atoms with Crippen molar-refractivity contribution in [2.24, 2.45) is 17.2 Å². The maximum atomic E-state index is 13.2. The van der Waals surface area contributed by atoms with Crippen molar-refractivity contribution in [3.8, 4) is 0 Å².